The molecular formula is C8H12N2O. The van der Waals surface area contributed by atoms with Crippen LogP contribution in [0.1, 0.15) is 19.5 Å². The number of rotatable bonds is 2. The SMILES string of the molecule is Cc1cncc(OC(C)C)n1. The smallest absolute Gasteiger partial charge is 0.232 e. The zero-order chi connectivity index (χ0) is 8.27. The Balaban J connectivity index is 2.71. The third-order valence-electron chi connectivity index (χ3n) is 1.09. The lowest BCUT2D eigenvalue weighted by molar-refractivity contribution is 0.231. The minimum atomic E-state index is 0.158. The topological polar surface area (TPSA) is 35.0 Å². The van der Waals surface area contributed by atoms with Gasteiger partial charge in [-0.1, -0.05) is 0 Å². The van der Waals surface area contributed by atoms with Gasteiger partial charge in [-0.2, -0.15) is 0 Å². The molecule has 0 amide bonds. The quantitative estimate of drug-likeness (QED) is 0.645. The van der Waals surface area contributed by atoms with E-state index in [9.17, 15) is 0 Å². The van der Waals surface area contributed by atoms with E-state index >= 15 is 0 Å². The number of ether oxygens (including phenoxy) is 1. The molecule has 3 nitrogen and oxygen atoms in total. The zero-order valence-electron chi connectivity index (χ0n) is 7.03. The molecule has 1 aromatic heterocycles. The summed E-state index contributed by atoms with van der Waals surface area (Å²) in [6.45, 7) is 5.81. The number of hydrogen-bond donors (Lipinski definition) is 0. The summed E-state index contributed by atoms with van der Waals surface area (Å²) in [6.07, 6.45) is 3.48. The number of hydrogen-bond acceptors (Lipinski definition) is 3. The third-order valence-corrected chi connectivity index (χ3v) is 1.09. The van der Waals surface area contributed by atoms with Crippen LogP contribution in [0, 0.1) is 6.92 Å². The van der Waals surface area contributed by atoms with Crippen molar-refractivity contribution >= 4 is 0 Å². The highest BCUT2D eigenvalue weighted by molar-refractivity contribution is 5.06. The Labute approximate surface area is 66.4 Å². The molecule has 0 bridgehead atoms. The normalized spacial score (nSPS) is 10.2. The molecule has 0 atom stereocenters. The molecule has 0 aliphatic heterocycles. The third kappa shape index (κ3) is 2.53. The lowest BCUT2D eigenvalue weighted by atomic mass is 10.5. The van der Waals surface area contributed by atoms with E-state index in [2.05, 4.69) is 9.97 Å². The van der Waals surface area contributed by atoms with Gasteiger partial charge in [0.05, 0.1) is 18.0 Å². The maximum atomic E-state index is 5.32. The van der Waals surface area contributed by atoms with Gasteiger partial charge in [-0.15, -0.1) is 0 Å². The fraction of sp³-hybridized carbons (Fsp3) is 0.500. The summed E-state index contributed by atoms with van der Waals surface area (Å²) >= 11 is 0. The van der Waals surface area contributed by atoms with Crippen LogP contribution in [0.25, 0.3) is 0 Å². The van der Waals surface area contributed by atoms with Gasteiger partial charge in [0.2, 0.25) is 5.88 Å². The summed E-state index contributed by atoms with van der Waals surface area (Å²) < 4.78 is 5.32. The van der Waals surface area contributed by atoms with Crippen LogP contribution in [0.4, 0.5) is 0 Å². The van der Waals surface area contributed by atoms with Gasteiger partial charge in [0, 0.05) is 6.20 Å². The maximum Gasteiger partial charge on any atom is 0.232 e. The molecule has 0 radical (unpaired) electrons. The van der Waals surface area contributed by atoms with Crippen molar-refractivity contribution in [2.75, 3.05) is 0 Å². The molecule has 0 N–H and O–H groups in total. The molecule has 0 saturated carbocycles. The van der Waals surface area contributed by atoms with Crippen LogP contribution in [-0.2, 0) is 0 Å². The first-order valence-electron chi connectivity index (χ1n) is 3.64. The van der Waals surface area contributed by atoms with Crippen molar-refractivity contribution in [3.8, 4) is 5.88 Å². The van der Waals surface area contributed by atoms with Gasteiger partial charge in [0.15, 0.2) is 0 Å². The first-order valence-corrected chi connectivity index (χ1v) is 3.64. The van der Waals surface area contributed by atoms with Gasteiger partial charge in [0.25, 0.3) is 0 Å². The van der Waals surface area contributed by atoms with E-state index in [1.54, 1.807) is 12.4 Å². The van der Waals surface area contributed by atoms with Crippen LogP contribution in [0.3, 0.4) is 0 Å². The molecule has 0 unspecified atom stereocenters. The minimum absolute atomic E-state index is 0.158. The second-order valence-electron chi connectivity index (χ2n) is 2.67. The molecule has 60 valence electrons. The summed E-state index contributed by atoms with van der Waals surface area (Å²) in [5.74, 6) is 0.597. The van der Waals surface area contributed by atoms with Crippen molar-refractivity contribution in [3.63, 3.8) is 0 Å². The Morgan fingerprint density at radius 3 is 2.64 bits per heavy atom. The van der Waals surface area contributed by atoms with Crippen molar-refractivity contribution < 1.29 is 4.74 Å². The van der Waals surface area contributed by atoms with Crippen LogP contribution in [-0.4, -0.2) is 16.1 Å². The number of nitrogens with zero attached hydrogens (tertiary/aromatic N) is 2. The first-order chi connectivity index (χ1) is 5.18. The van der Waals surface area contributed by atoms with Gasteiger partial charge >= 0.3 is 0 Å². The molecule has 0 fully saturated rings. The second kappa shape index (κ2) is 3.32. The molecule has 1 rings (SSSR count). The fourth-order valence-electron chi connectivity index (χ4n) is 0.739. The van der Waals surface area contributed by atoms with Gasteiger partial charge in [-0.25, -0.2) is 4.98 Å². The molecule has 1 heterocycles. The number of aryl methyl sites for hydroxylation is 1. The van der Waals surface area contributed by atoms with Crippen molar-refractivity contribution in [2.45, 2.75) is 26.9 Å². The van der Waals surface area contributed by atoms with E-state index in [1.807, 2.05) is 20.8 Å². The Kier molecular flexibility index (Phi) is 2.41. The van der Waals surface area contributed by atoms with Gasteiger partial charge in [-0.05, 0) is 20.8 Å². The molecule has 0 aliphatic carbocycles. The highest BCUT2D eigenvalue weighted by atomic mass is 16.5. The maximum absolute atomic E-state index is 5.32. The molecule has 0 aliphatic rings. The molecule has 0 aromatic carbocycles. The largest absolute Gasteiger partial charge is 0.474 e. The van der Waals surface area contributed by atoms with Crippen LogP contribution in [0.2, 0.25) is 0 Å². The molecule has 3 heteroatoms. The van der Waals surface area contributed by atoms with E-state index < -0.39 is 0 Å². The monoisotopic (exact) mass is 152 g/mol. The van der Waals surface area contributed by atoms with Crippen LogP contribution >= 0.6 is 0 Å². The zero-order valence-corrected chi connectivity index (χ0v) is 7.03. The van der Waals surface area contributed by atoms with Crippen molar-refractivity contribution in [3.05, 3.63) is 18.1 Å². The summed E-state index contributed by atoms with van der Waals surface area (Å²) in [6, 6.07) is 0. The molecule has 0 spiro atoms. The van der Waals surface area contributed by atoms with E-state index in [-0.39, 0.29) is 6.10 Å². The molecule has 1 aromatic rings. The average molecular weight is 152 g/mol. The van der Waals surface area contributed by atoms with Crippen LogP contribution in [0.15, 0.2) is 12.4 Å². The van der Waals surface area contributed by atoms with E-state index in [0.717, 1.165) is 5.69 Å². The van der Waals surface area contributed by atoms with Crippen molar-refractivity contribution in [2.24, 2.45) is 0 Å². The minimum Gasteiger partial charge on any atom is -0.474 e. The highest BCUT2D eigenvalue weighted by Gasteiger charge is 1.97. The molecule has 0 saturated heterocycles. The summed E-state index contributed by atoms with van der Waals surface area (Å²) in [5, 5.41) is 0. The van der Waals surface area contributed by atoms with E-state index in [1.165, 1.54) is 0 Å². The van der Waals surface area contributed by atoms with Gasteiger partial charge < -0.3 is 4.74 Å². The standard InChI is InChI=1S/C8H12N2O/c1-6(2)11-8-5-9-4-7(3)10-8/h4-6H,1-3H3. The fourth-order valence-corrected chi connectivity index (χ4v) is 0.739. The summed E-state index contributed by atoms with van der Waals surface area (Å²) in [5.41, 5.74) is 0.878. The van der Waals surface area contributed by atoms with E-state index in [0.29, 0.717) is 5.88 Å². The summed E-state index contributed by atoms with van der Waals surface area (Å²) in [4.78, 5) is 8.08. The van der Waals surface area contributed by atoms with Crippen molar-refractivity contribution in [1.29, 1.82) is 0 Å². The second-order valence-corrected chi connectivity index (χ2v) is 2.67. The lowest BCUT2D eigenvalue weighted by Crippen LogP contribution is -2.07. The van der Waals surface area contributed by atoms with Crippen molar-refractivity contribution in [1.82, 2.24) is 9.97 Å². The summed E-state index contributed by atoms with van der Waals surface area (Å²) in [7, 11) is 0. The van der Waals surface area contributed by atoms with Gasteiger partial charge in [-0.3, -0.25) is 4.98 Å². The molecular weight excluding hydrogens is 140 g/mol. The lowest BCUT2D eigenvalue weighted by Gasteiger charge is -2.07. The Bertz CT molecular complexity index is 235. The van der Waals surface area contributed by atoms with Crippen LogP contribution in [0.5, 0.6) is 5.88 Å². The molecule has 11 heavy (non-hydrogen) atoms. The number of aromatic nitrogens is 2. The highest BCUT2D eigenvalue weighted by Crippen LogP contribution is 2.05. The first kappa shape index (κ1) is 7.98. The van der Waals surface area contributed by atoms with Gasteiger partial charge in [0.1, 0.15) is 0 Å². The predicted molar refractivity (Wildman–Crippen MR) is 42.5 cm³/mol. The van der Waals surface area contributed by atoms with E-state index in [4.69, 9.17) is 4.74 Å². The Hall–Kier alpha value is -1.12. The predicted octanol–water partition coefficient (Wildman–Crippen LogP) is 1.57. The average Bonchev–Trinajstić information content (AvgIpc) is 1.85. The van der Waals surface area contributed by atoms with Crippen LogP contribution < -0.4 is 4.74 Å². The Morgan fingerprint density at radius 1 is 1.36 bits per heavy atom. The Morgan fingerprint density at radius 2 is 2.09 bits per heavy atom.